The van der Waals surface area contributed by atoms with Gasteiger partial charge < -0.3 is 4.42 Å². The van der Waals surface area contributed by atoms with Gasteiger partial charge in [0, 0.05) is 16.1 Å². The molecule has 1 aromatic heterocycles. The largest absolute Gasteiger partial charge is 0.409 e. The summed E-state index contributed by atoms with van der Waals surface area (Å²) in [5.41, 5.74) is 0.837. The number of benzene rings is 1. The Morgan fingerprint density at radius 1 is 1.43 bits per heavy atom. The van der Waals surface area contributed by atoms with E-state index in [4.69, 9.17) is 16.6 Å². The van der Waals surface area contributed by atoms with E-state index >= 15 is 0 Å². The van der Waals surface area contributed by atoms with Crippen LogP contribution in [-0.4, -0.2) is 47.7 Å². The van der Waals surface area contributed by atoms with E-state index in [1.54, 1.807) is 4.68 Å². The van der Waals surface area contributed by atoms with Crippen LogP contribution in [-0.2, 0) is 16.5 Å². The molecule has 1 aromatic carbocycles. The fourth-order valence-corrected chi connectivity index (χ4v) is 4.80. The molecule has 0 radical (unpaired) electrons. The maximum absolute atomic E-state index is 11.6. The van der Waals surface area contributed by atoms with Crippen LogP contribution >= 0.6 is 28.1 Å². The van der Waals surface area contributed by atoms with Gasteiger partial charge in [-0.3, -0.25) is 4.90 Å². The molecule has 9 heteroatoms. The van der Waals surface area contributed by atoms with E-state index in [0.717, 1.165) is 10.0 Å². The number of sulfone groups is 1. The molecule has 1 saturated heterocycles. The lowest BCUT2D eigenvalue weighted by Crippen LogP contribution is -2.34. The molecule has 1 atom stereocenters. The van der Waals surface area contributed by atoms with Crippen molar-refractivity contribution < 1.29 is 12.8 Å². The van der Waals surface area contributed by atoms with Gasteiger partial charge in [-0.25, -0.2) is 13.1 Å². The molecular formula is C14H16BrN3O3S2. The van der Waals surface area contributed by atoms with Crippen molar-refractivity contribution in [2.75, 3.05) is 18.6 Å². The molecule has 0 bridgehead atoms. The number of aromatic nitrogens is 2. The topological polar surface area (TPSA) is 68.3 Å². The van der Waals surface area contributed by atoms with Crippen LogP contribution in [0.3, 0.4) is 0 Å². The Morgan fingerprint density at radius 2 is 2.13 bits per heavy atom. The van der Waals surface area contributed by atoms with Gasteiger partial charge in [-0.05, 0) is 50.0 Å². The van der Waals surface area contributed by atoms with Crippen LogP contribution in [0.1, 0.15) is 6.42 Å². The highest BCUT2D eigenvalue weighted by atomic mass is 79.9. The third-order valence-electron chi connectivity index (χ3n) is 3.89. The minimum Gasteiger partial charge on any atom is -0.409 e. The highest BCUT2D eigenvalue weighted by Gasteiger charge is 2.30. The molecule has 1 aliphatic rings. The van der Waals surface area contributed by atoms with Gasteiger partial charge in [0.25, 0.3) is 4.84 Å². The summed E-state index contributed by atoms with van der Waals surface area (Å²) in [6, 6.07) is 7.59. The molecule has 1 fully saturated rings. The highest BCUT2D eigenvalue weighted by Crippen LogP contribution is 2.21. The number of hydrogen-bond donors (Lipinski definition) is 0. The fraction of sp³-hybridized carbons (Fsp3) is 0.429. The van der Waals surface area contributed by atoms with Gasteiger partial charge in [-0.15, -0.1) is 5.10 Å². The molecule has 124 valence electrons. The van der Waals surface area contributed by atoms with E-state index in [-0.39, 0.29) is 22.4 Å². The summed E-state index contributed by atoms with van der Waals surface area (Å²) in [5, 5.41) is 4.40. The Kier molecular flexibility index (Phi) is 4.73. The Hall–Kier alpha value is -1.03. The number of rotatable bonds is 4. The van der Waals surface area contributed by atoms with Crippen molar-refractivity contribution in [1.82, 2.24) is 14.7 Å². The zero-order valence-corrected chi connectivity index (χ0v) is 15.7. The van der Waals surface area contributed by atoms with Gasteiger partial charge >= 0.3 is 0 Å². The Balaban J connectivity index is 1.76. The lowest BCUT2D eigenvalue weighted by molar-refractivity contribution is 0.194. The van der Waals surface area contributed by atoms with Crippen molar-refractivity contribution in [1.29, 1.82) is 0 Å². The maximum atomic E-state index is 11.6. The summed E-state index contributed by atoms with van der Waals surface area (Å²) < 4.78 is 31.3. The van der Waals surface area contributed by atoms with Crippen LogP contribution < -0.4 is 0 Å². The number of halogens is 1. The molecule has 1 aliphatic heterocycles. The Bertz CT molecular complexity index is 858. The predicted octanol–water partition coefficient (Wildman–Crippen LogP) is 2.71. The SMILES string of the molecule is CN(Cn1nc(-c2ccc(Br)cc2)oc1=S)C1CCS(=O)(=O)C1. The molecule has 0 aliphatic carbocycles. The smallest absolute Gasteiger partial charge is 0.288 e. The van der Waals surface area contributed by atoms with Gasteiger partial charge in [0.2, 0.25) is 5.89 Å². The average molecular weight is 418 g/mol. The summed E-state index contributed by atoms with van der Waals surface area (Å²) in [7, 11) is -1.03. The lowest BCUT2D eigenvalue weighted by Gasteiger charge is -2.22. The summed E-state index contributed by atoms with van der Waals surface area (Å²) in [6.07, 6.45) is 0.642. The first-order chi connectivity index (χ1) is 10.8. The van der Waals surface area contributed by atoms with Gasteiger partial charge in [-0.1, -0.05) is 15.9 Å². The van der Waals surface area contributed by atoms with Crippen molar-refractivity contribution in [2.45, 2.75) is 19.1 Å². The molecule has 2 heterocycles. The fourth-order valence-electron chi connectivity index (χ4n) is 2.55. The summed E-state index contributed by atoms with van der Waals surface area (Å²) in [6.45, 7) is 0.402. The first-order valence-electron chi connectivity index (χ1n) is 7.08. The summed E-state index contributed by atoms with van der Waals surface area (Å²) >= 11 is 8.60. The van der Waals surface area contributed by atoms with Crippen LogP contribution in [0, 0.1) is 4.84 Å². The quantitative estimate of drug-likeness (QED) is 0.712. The second-order valence-electron chi connectivity index (χ2n) is 5.63. The molecule has 0 spiro atoms. The first kappa shape index (κ1) is 16.8. The van der Waals surface area contributed by atoms with Crippen molar-refractivity contribution in [3.63, 3.8) is 0 Å². The third kappa shape index (κ3) is 3.90. The molecule has 0 N–H and O–H groups in total. The number of hydrogen-bond acceptors (Lipinski definition) is 6. The molecule has 6 nitrogen and oxygen atoms in total. The van der Waals surface area contributed by atoms with E-state index in [1.165, 1.54) is 0 Å². The van der Waals surface area contributed by atoms with Crippen LogP contribution in [0.2, 0.25) is 0 Å². The van der Waals surface area contributed by atoms with Gasteiger partial charge in [0.1, 0.15) is 0 Å². The van der Waals surface area contributed by atoms with Crippen molar-refractivity contribution in [3.05, 3.63) is 33.6 Å². The average Bonchev–Trinajstić information content (AvgIpc) is 3.03. The zero-order valence-electron chi connectivity index (χ0n) is 12.5. The third-order valence-corrected chi connectivity index (χ3v) is 6.46. The van der Waals surface area contributed by atoms with Crippen LogP contribution in [0.5, 0.6) is 0 Å². The first-order valence-corrected chi connectivity index (χ1v) is 10.1. The lowest BCUT2D eigenvalue weighted by atomic mass is 10.2. The van der Waals surface area contributed by atoms with E-state index in [1.807, 2.05) is 36.2 Å². The molecule has 2 aromatic rings. The van der Waals surface area contributed by atoms with Crippen LogP contribution in [0.15, 0.2) is 33.2 Å². The maximum Gasteiger partial charge on any atom is 0.288 e. The summed E-state index contributed by atoms with van der Waals surface area (Å²) in [4.78, 5) is 2.23. The van der Waals surface area contributed by atoms with Gasteiger partial charge in [0.15, 0.2) is 9.84 Å². The molecule has 1 unspecified atom stereocenters. The van der Waals surface area contributed by atoms with E-state index in [0.29, 0.717) is 19.0 Å². The minimum atomic E-state index is -2.91. The molecule has 0 amide bonds. The van der Waals surface area contributed by atoms with Crippen molar-refractivity contribution >= 4 is 38.0 Å². The second kappa shape index (κ2) is 6.46. The van der Waals surface area contributed by atoms with Crippen molar-refractivity contribution in [3.8, 4) is 11.5 Å². The molecule has 23 heavy (non-hydrogen) atoms. The molecule has 0 saturated carbocycles. The monoisotopic (exact) mass is 417 g/mol. The van der Waals surface area contributed by atoms with Gasteiger partial charge in [0.05, 0.1) is 18.2 Å². The predicted molar refractivity (Wildman–Crippen MR) is 93.3 cm³/mol. The Morgan fingerprint density at radius 3 is 2.74 bits per heavy atom. The van der Waals surface area contributed by atoms with Crippen molar-refractivity contribution in [2.24, 2.45) is 0 Å². The zero-order chi connectivity index (χ0) is 16.6. The normalized spacial score (nSPS) is 20.2. The standard InChI is InChI=1S/C14H16BrN3O3S2/c1-17(12-6-7-23(19,20)8-12)9-18-14(22)21-13(16-18)10-2-4-11(15)5-3-10/h2-5,12H,6-9H2,1H3. The van der Waals surface area contributed by atoms with E-state index in [2.05, 4.69) is 21.0 Å². The van der Waals surface area contributed by atoms with E-state index < -0.39 is 9.84 Å². The molecular weight excluding hydrogens is 402 g/mol. The number of nitrogens with zero attached hydrogens (tertiary/aromatic N) is 3. The second-order valence-corrected chi connectivity index (χ2v) is 9.13. The molecule has 3 rings (SSSR count). The van der Waals surface area contributed by atoms with E-state index in [9.17, 15) is 8.42 Å². The van der Waals surface area contributed by atoms with Crippen LogP contribution in [0.25, 0.3) is 11.5 Å². The summed E-state index contributed by atoms with van der Waals surface area (Å²) in [5.74, 6) is 0.889. The van der Waals surface area contributed by atoms with Gasteiger partial charge in [-0.2, -0.15) is 0 Å². The van der Waals surface area contributed by atoms with Crippen LogP contribution in [0.4, 0.5) is 0 Å². The minimum absolute atomic E-state index is 0.00488. The Labute approximate surface area is 148 Å². The highest BCUT2D eigenvalue weighted by molar-refractivity contribution is 9.10.